The Hall–Kier alpha value is -2.14. The van der Waals surface area contributed by atoms with Crippen LogP contribution < -0.4 is 0 Å². The summed E-state index contributed by atoms with van der Waals surface area (Å²) in [4.78, 5) is 36.5. The molecular formula is C35H57NO5Si2. The zero-order chi connectivity index (χ0) is 32.5. The first-order valence-corrected chi connectivity index (χ1v) is 21.9. The number of fused-ring (bicyclic) bond motifs is 1. The van der Waals surface area contributed by atoms with Gasteiger partial charge >= 0.3 is 5.97 Å². The van der Waals surface area contributed by atoms with Gasteiger partial charge in [-0.25, -0.2) is 14.4 Å². The Balaban J connectivity index is 2.09. The molecule has 0 bridgehead atoms. The number of rotatable bonds is 16. The summed E-state index contributed by atoms with van der Waals surface area (Å²) in [5.41, 5.74) is 2.26. The van der Waals surface area contributed by atoms with Crippen LogP contribution >= 0.6 is 0 Å². The van der Waals surface area contributed by atoms with Gasteiger partial charge in [-0.1, -0.05) is 91.7 Å². The average Bonchev–Trinajstić information content (AvgIpc) is 2.91. The highest BCUT2D eigenvalue weighted by molar-refractivity contribution is 6.74. The number of ketones is 1. The number of benzene rings is 1. The minimum Gasteiger partial charge on any atom is -0.403 e. The van der Waals surface area contributed by atoms with Crippen molar-refractivity contribution >= 4 is 45.4 Å². The van der Waals surface area contributed by atoms with E-state index in [-0.39, 0.29) is 15.9 Å². The van der Waals surface area contributed by atoms with E-state index in [9.17, 15) is 9.59 Å². The van der Waals surface area contributed by atoms with E-state index in [2.05, 4.69) is 86.8 Å². The Kier molecular flexibility index (Phi) is 13.6. The van der Waals surface area contributed by atoms with Crippen molar-refractivity contribution in [1.29, 1.82) is 0 Å². The number of hydrogen-bond acceptors (Lipinski definition) is 6. The second-order valence-corrected chi connectivity index (χ2v) is 24.2. The topological polar surface area (TPSA) is 74.7 Å². The van der Waals surface area contributed by atoms with Gasteiger partial charge in [0, 0.05) is 17.4 Å². The molecule has 1 heterocycles. The maximum atomic E-state index is 13.2. The molecule has 0 aliphatic heterocycles. The molecule has 2 rings (SSSR count). The first kappa shape index (κ1) is 37.1. The minimum absolute atomic E-state index is 0.0336. The van der Waals surface area contributed by atoms with Crippen LogP contribution in [0.1, 0.15) is 116 Å². The monoisotopic (exact) mass is 627 g/mol. The largest absolute Gasteiger partial charge is 0.403 e. The standard InChI is InChI=1S/C35H57NO5Si2/c1-12-13-16-24-30(37)32-28(26-27-21-19-20-23-29(27)36-32)22-17-14-15-18-25-31(40-42(8,9)34(2,3)4)33(38)39-41-43(10,11)35(5,6)7/h17,19-23,26,31H,12-16,18,24-25H2,1-11H3. The third-order valence-corrected chi connectivity index (χ3v) is 17.7. The summed E-state index contributed by atoms with van der Waals surface area (Å²) in [6, 6.07) is 9.99. The number of aromatic nitrogens is 1. The SMILES string of the molecule is CCCCCC(=O)c1nc2ccccc2cc1C=CCCCCC(O[Si](C)(C)C(C)(C)C)C(=O)OO[Si](C)(C)C(C)(C)C. The number of para-hydroxylation sites is 1. The zero-order valence-corrected chi connectivity index (χ0v) is 30.8. The third-order valence-electron chi connectivity index (χ3n) is 9.05. The molecule has 0 saturated heterocycles. The molecular weight excluding hydrogens is 571 g/mol. The number of nitrogens with zero attached hydrogens (tertiary/aromatic N) is 1. The molecule has 0 fully saturated rings. The van der Waals surface area contributed by atoms with Gasteiger partial charge in [0.05, 0.1) is 5.52 Å². The molecule has 8 heteroatoms. The highest BCUT2D eigenvalue weighted by Crippen LogP contribution is 2.39. The molecule has 1 unspecified atom stereocenters. The fourth-order valence-electron chi connectivity index (χ4n) is 4.02. The van der Waals surface area contributed by atoms with Crippen molar-refractivity contribution in [2.75, 3.05) is 0 Å². The van der Waals surface area contributed by atoms with E-state index in [4.69, 9.17) is 18.9 Å². The maximum absolute atomic E-state index is 13.2. The molecule has 1 atom stereocenters. The lowest BCUT2D eigenvalue weighted by Gasteiger charge is -2.39. The Bertz CT molecular complexity index is 1240. The van der Waals surface area contributed by atoms with Crippen LogP contribution in [0, 0.1) is 0 Å². The molecule has 0 radical (unpaired) electrons. The van der Waals surface area contributed by atoms with E-state index in [1.165, 1.54) is 0 Å². The fraction of sp³-hybridized carbons (Fsp3) is 0.629. The Labute approximate surface area is 263 Å². The van der Waals surface area contributed by atoms with Crippen LogP contribution in [0.2, 0.25) is 36.3 Å². The molecule has 0 aliphatic carbocycles. The lowest BCUT2D eigenvalue weighted by Crippen LogP contribution is -2.47. The lowest BCUT2D eigenvalue weighted by molar-refractivity contribution is -0.229. The van der Waals surface area contributed by atoms with Gasteiger partial charge < -0.3 is 9.31 Å². The summed E-state index contributed by atoms with van der Waals surface area (Å²) in [7, 11) is -4.47. The number of unbranched alkanes of at least 4 members (excludes halogenated alkanes) is 4. The van der Waals surface area contributed by atoms with E-state index in [1.54, 1.807) is 0 Å². The normalized spacial score (nSPS) is 13.9. The summed E-state index contributed by atoms with van der Waals surface area (Å²) in [6.07, 6.45) is 10.1. The summed E-state index contributed by atoms with van der Waals surface area (Å²) >= 11 is 0. The molecule has 1 aromatic carbocycles. The van der Waals surface area contributed by atoms with Crippen molar-refractivity contribution in [3.8, 4) is 0 Å². The first-order chi connectivity index (χ1) is 19.9. The Morgan fingerprint density at radius 1 is 0.907 bits per heavy atom. The maximum Gasteiger partial charge on any atom is 0.368 e. The average molecular weight is 628 g/mol. The van der Waals surface area contributed by atoms with Crippen LogP contribution in [0.5, 0.6) is 0 Å². The van der Waals surface area contributed by atoms with E-state index < -0.39 is 28.7 Å². The van der Waals surface area contributed by atoms with Crippen LogP contribution in [0.4, 0.5) is 0 Å². The molecule has 240 valence electrons. The summed E-state index contributed by atoms with van der Waals surface area (Å²) < 4.78 is 12.4. The van der Waals surface area contributed by atoms with Crippen molar-refractivity contribution < 1.29 is 23.5 Å². The summed E-state index contributed by atoms with van der Waals surface area (Å²) in [5, 5.41) is 0.917. The predicted molar refractivity (Wildman–Crippen MR) is 184 cm³/mol. The summed E-state index contributed by atoms with van der Waals surface area (Å²) in [5.74, 6) is -0.332. The van der Waals surface area contributed by atoms with Gasteiger partial charge in [0.25, 0.3) is 8.32 Å². The molecule has 0 spiro atoms. The minimum atomic E-state index is -2.26. The van der Waals surface area contributed by atoms with Gasteiger partial charge in [-0.15, -0.1) is 0 Å². The van der Waals surface area contributed by atoms with Crippen LogP contribution in [-0.4, -0.2) is 39.5 Å². The zero-order valence-electron chi connectivity index (χ0n) is 28.8. The molecule has 1 aromatic heterocycles. The summed E-state index contributed by atoms with van der Waals surface area (Å²) in [6.45, 7) is 23.4. The molecule has 6 nitrogen and oxygen atoms in total. The predicted octanol–water partition coefficient (Wildman–Crippen LogP) is 10.4. The van der Waals surface area contributed by atoms with E-state index in [0.717, 1.165) is 55.0 Å². The number of allylic oxidation sites excluding steroid dienone is 1. The molecule has 0 N–H and O–H groups in total. The highest BCUT2D eigenvalue weighted by atomic mass is 28.4. The number of Topliss-reactive ketones (excluding diaryl/α,β-unsaturated/α-hetero) is 1. The van der Waals surface area contributed by atoms with E-state index in [1.807, 2.05) is 30.3 Å². The lowest BCUT2D eigenvalue weighted by atomic mass is 10.0. The highest BCUT2D eigenvalue weighted by Gasteiger charge is 2.43. The van der Waals surface area contributed by atoms with Crippen molar-refractivity contribution in [3.63, 3.8) is 0 Å². The molecule has 43 heavy (non-hydrogen) atoms. The van der Waals surface area contributed by atoms with Gasteiger partial charge in [-0.05, 0) is 80.5 Å². The number of hydrogen-bond donors (Lipinski definition) is 0. The van der Waals surface area contributed by atoms with Crippen LogP contribution in [0.25, 0.3) is 17.0 Å². The second-order valence-electron chi connectivity index (χ2n) is 14.8. The van der Waals surface area contributed by atoms with Crippen molar-refractivity contribution in [3.05, 3.63) is 47.7 Å². The van der Waals surface area contributed by atoms with E-state index in [0.29, 0.717) is 18.5 Å². The molecule has 0 saturated carbocycles. The second kappa shape index (κ2) is 15.7. The smallest absolute Gasteiger partial charge is 0.368 e. The van der Waals surface area contributed by atoms with Crippen LogP contribution in [0.15, 0.2) is 36.4 Å². The quantitative estimate of drug-likeness (QED) is 0.0606. The Morgan fingerprint density at radius 2 is 1.56 bits per heavy atom. The Morgan fingerprint density at radius 3 is 2.19 bits per heavy atom. The van der Waals surface area contributed by atoms with Crippen molar-refractivity contribution in [1.82, 2.24) is 4.98 Å². The van der Waals surface area contributed by atoms with Crippen LogP contribution in [-0.2, 0) is 18.7 Å². The number of carbonyl (C=O) groups is 2. The van der Waals surface area contributed by atoms with Gasteiger partial charge in [0.2, 0.25) is 0 Å². The van der Waals surface area contributed by atoms with Gasteiger partial charge in [-0.2, -0.15) is 0 Å². The third kappa shape index (κ3) is 11.1. The van der Waals surface area contributed by atoms with Crippen molar-refractivity contribution in [2.24, 2.45) is 0 Å². The fourth-order valence-corrected chi connectivity index (χ4v) is 5.84. The molecule has 2 aromatic rings. The number of carbonyl (C=O) groups excluding carboxylic acids is 2. The van der Waals surface area contributed by atoms with Crippen molar-refractivity contribution in [2.45, 2.75) is 142 Å². The number of pyridine rings is 1. The van der Waals surface area contributed by atoms with E-state index >= 15 is 0 Å². The van der Waals surface area contributed by atoms with Crippen LogP contribution in [0.3, 0.4) is 0 Å². The molecule has 0 aliphatic rings. The van der Waals surface area contributed by atoms with Gasteiger partial charge in [0.1, 0.15) is 11.8 Å². The first-order valence-electron chi connectivity index (χ1n) is 16.1. The van der Waals surface area contributed by atoms with Gasteiger partial charge in [-0.3, -0.25) is 4.79 Å². The van der Waals surface area contributed by atoms with Gasteiger partial charge in [0.15, 0.2) is 14.1 Å². The molecule has 0 amide bonds.